The van der Waals surface area contributed by atoms with Gasteiger partial charge >= 0.3 is 5.97 Å². The molecule has 4 heteroatoms. The molecule has 118 valence electrons. The molecule has 21 heavy (non-hydrogen) atoms. The van der Waals surface area contributed by atoms with Gasteiger partial charge in [-0.05, 0) is 38.8 Å². The maximum absolute atomic E-state index is 11.3. The van der Waals surface area contributed by atoms with Gasteiger partial charge in [-0.25, -0.2) is 0 Å². The lowest BCUT2D eigenvalue weighted by Gasteiger charge is -2.28. The van der Waals surface area contributed by atoms with Crippen molar-refractivity contribution in [2.45, 2.75) is 51.7 Å². The average Bonchev–Trinajstić information content (AvgIpc) is 2.45. The van der Waals surface area contributed by atoms with Crippen molar-refractivity contribution in [3.8, 4) is 0 Å². The Hall–Kier alpha value is -1.39. The van der Waals surface area contributed by atoms with Gasteiger partial charge in [0.05, 0.1) is 6.10 Å². The number of likely N-dealkylation sites (N-methyl/N-ethyl adjacent to an activating group) is 1. The van der Waals surface area contributed by atoms with E-state index in [9.17, 15) is 9.90 Å². The highest BCUT2D eigenvalue weighted by Gasteiger charge is 2.33. The van der Waals surface area contributed by atoms with Gasteiger partial charge in [-0.2, -0.15) is 0 Å². The van der Waals surface area contributed by atoms with Crippen LogP contribution in [0.1, 0.15) is 39.2 Å². The van der Waals surface area contributed by atoms with E-state index >= 15 is 0 Å². The highest BCUT2D eigenvalue weighted by Crippen LogP contribution is 2.15. The van der Waals surface area contributed by atoms with Gasteiger partial charge in [-0.15, -0.1) is 0 Å². The number of benzene rings is 1. The molecule has 0 spiro atoms. The molecule has 0 radical (unpaired) electrons. The van der Waals surface area contributed by atoms with Crippen LogP contribution in [0.4, 0.5) is 0 Å². The topological polar surface area (TPSA) is 58.6 Å². The van der Waals surface area contributed by atoms with Crippen LogP contribution in [0.2, 0.25) is 0 Å². The van der Waals surface area contributed by atoms with E-state index in [0.29, 0.717) is 19.6 Å². The van der Waals surface area contributed by atoms with Crippen LogP contribution in [-0.4, -0.2) is 35.9 Å². The molecule has 1 aromatic rings. The summed E-state index contributed by atoms with van der Waals surface area (Å²) in [6, 6.07) is 10.3. The lowest BCUT2D eigenvalue weighted by atomic mass is 9.95. The first kappa shape index (κ1) is 17.7. The Bertz CT molecular complexity index is 421. The van der Waals surface area contributed by atoms with Crippen molar-refractivity contribution in [2.24, 2.45) is 0 Å². The number of aryl methyl sites for hydroxylation is 1. The molecule has 0 aromatic heterocycles. The molecular weight excluding hydrogens is 266 g/mol. The number of carboxylic acid groups (broad SMARTS) is 1. The average molecular weight is 293 g/mol. The number of rotatable bonds is 10. The summed E-state index contributed by atoms with van der Waals surface area (Å²) in [7, 11) is 0. The van der Waals surface area contributed by atoms with Crippen LogP contribution in [0.3, 0.4) is 0 Å². The zero-order valence-electron chi connectivity index (χ0n) is 13.3. The second-order valence-corrected chi connectivity index (χ2v) is 5.64. The lowest BCUT2D eigenvalue weighted by Crippen LogP contribution is -2.51. The van der Waals surface area contributed by atoms with Crippen LogP contribution >= 0.6 is 0 Å². The molecule has 1 aromatic carbocycles. The molecule has 0 saturated heterocycles. The second-order valence-electron chi connectivity index (χ2n) is 5.64. The number of ether oxygens (including phenoxy) is 1. The van der Waals surface area contributed by atoms with E-state index in [1.807, 2.05) is 32.0 Å². The molecule has 0 heterocycles. The van der Waals surface area contributed by atoms with E-state index < -0.39 is 11.5 Å². The van der Waals surface area contributed by atoms with Gasteiger partial charge < -0.3 is 15.2 Å². The van der Waals surface area contributed by atoms with Crippen LogP contribution in [0.25, 0.3) is 0 Å². The number of nitrogens with one attached hydrogen (secondary N) is 1. The normalized spacial score (nSPS) is 15.4. The van der Waals surface area contributed by atoms with Crippen molar-refractivity contribution in [3.05, 3.63) is 35.9 Å². The highest BCUT2D eigenvalue weighted by molar-refractivity contribution is 5.78. The third-order valence-corrected chi connectivity index (χ3v) is 3.59. The predicted molar refractivity (Wildman–Crippen MR) is 84.5 cm³/mol. The maximum atomic E-state index is 11.3. The lowest BCUT2D eigenvalue weighted by molar-refractivity contribution is -0.145. The van der Waals surface area contributed by atoms with Gasteiger partial charge in [-0.3, -0.25) is 4.79 Å². The van der Waals surface area contributed by atoms with E-state index in [1.165, 1.54) is 5.56 Å². The fraction of sp³-hybridized carbons (Fsp3) is 0.588. The van der Waals surface area contributed by atoms with Gasteiger partial charge in [0.1, 0.15) is 5.54 Å². The summed E-state index contributed by atoms with van der Waals surface area (Å²) in [5.74, 6) is -0.830. The van der Waals surface area contributed by atoms with Crippen LogP contribution in [0.15, 0.2) is 30.3 Å². The van der Waals surface area contributed by atoms with Gasteiger partial charge in [0.2, 0.25) is 0 Å². The zero-order chi connectivity index (χ0) is 15.7. The molecule has 4 nitrogen and oxygen atoms in total. The van der Waals surface area contributed by atoms with E-state index in [1.54, 1.807) is 6.92 Å². The van der Waals surface area contributed by atoms with Crippen LogP contribution in [0, 0.1) is 0 Å². The second kappa shape index (κ2) is 8.80. The minimum atomic E-state index is -0.923. The van der Waals surface area contributed by atoms with Crippen molar-refractivity contribution in [3.63, 3.8) is 0 Å². The quantitative estimate of drug-likeness (QED) is 0.651. The summed E-state index contributed by atoms with van der Waals surface area (Å²) in [4.78, 5) is 11.3. The molecule has 2 unspecified atom stereocenters. The summed E-state index contributed by atoms with van der Waals surface area (Å²) in [6.45, 7) is 6.83. The molecule has 0 saturated carbocycles. The monoisotopic (exact) mass is 293 g/mol. The van der Waals surface area contributed by atoms with Crippen molar-refractivity contribution >= 4 is 5.97 Å². The third kappa shape index (κ3) is 6.27. The van der Waals surface area contributed by atoms with E-state index in [2.05, 4.69) is 17.4 Å². The Kier molecular flexibility index (Phi) is 7.40. The zero-order valence-corrected chi connectivity index (χ0v) is 13.3. The fourth-order valence-corrected chi connectivity index (χ4v) is 2.46. The van der Waals surface area contributed by atoms with Crippen LogP contribution in [0.5, 0.6) is 0 Å². The molecule has 1 rings (SSSR count). The van der Waals surface area contributed by atoms with Gasteiger partial charge in [0.25, 0.3) is 0 Å². The van der Waals surface area contributed by atoms with Gasteiger partial charge in [-0.1, -0.05) is 37.3 Å². The molecule has 0 amide bonds. The first-order chi connectivity index (χ1) is 9.98. The molecule has 0 bridgehead atoms. The smallest absolute Gasteiger partial charge is 0.323 e. The van der Waals surface area contributed by atoms with Crippen molar-refractivity contribution < 1.29 is 14.6 Å². The molecule has 2 atom stereocenters. The SMILES string of the molecule is CCNC(C)(CC(C)OCCCc1ccccc1)C(=O)O. The van der Waals surface area contributed by atoms with E-state index in [4.69, 9.17) is 4.74 Å². The summed E-state index contributed by atoms with van der Waals surface area (Å²) >= 11 is 0. The molecule has 0 fully saturated rings. The van der Waals surface area contributed by atoms with Crippen molar-refractivity contribution in [1.29, 1.82) is 0 Å². The largest absolute Gasteiger partial charge is 0.480 e. The van der Waals surface area contributed by atoms with Crippen molar-refractivity contribution in [2.75, 3.05) is 13.2 Å². The van der Waals surface area contributed by atoms with E-state index in [0.717, 1.165) is 12.8 Å². The standard InChI is InChI=1S/C17H27NO3/c1-4-18-17(3,16(19)20)13-14(2)21-12-8-11-15-9-6-5-7-10-15/h5-7,9-10,14,18H,4,8,11-13H2,1-3H3,(H,19,20). The summed E-state index contributed by atoms with van der Waals surface area (Å²) in [5, 5.41) is 12.3. The summed E-state index contributed by atoms with van der Waals surface area (Å²) < 4.78 is 5.75. The Morgan fingerprint density at radius 2 is 2.05 bits per heavy atom. The molecule has 0 aliphatic rings. The van der Waals surface area contributed by atoms with E-state index in [-0.39, 0.29) is 6.10 Å². The molecule has 0 aliphatic carbocycles. The Balaban J connectivity index is 2.30. The summed E-state index contributed by atoms with van der Waals surface area (Å²) in [5.41, 5.74) is 0.380. The number of aliphatic carboxylic acids is 1. The highest BCUT2D eigenvalue weighted by atomic mass is 16.5. The molecular formula is C17H27NO3. The first-order valence-electron chi connectivity index (χ1n) is 7.62. The minimum Gasteiger partial charge on any atom is -0.480 e. The Morgan fingerprint density at radius 3 is 2.62 bits per heavy atom. The van der Waals surface area contributed by atoms with Gasteiger partial charge in [0.15, 0.2) is 0 Å². The number of hydrogen-bond acceptors (Lipinski definition) is 3. The maximum Gasteiger partial charge on any atom is 0.323 e. The Morgan fingerprint density at radius 1 is 1.38 bits per heavy atom. The minimum absolute atomic E-state index is 0.0825. The predicted octanol–water partition coefficient (Wildman–Crippen LogP) is 2.87. The molecule has 0 aliphatic heterocycles. The van der Waals surface area contributed by atoms with Crippen LogP contribution < -0.4 is 5.32 Å². The third-order valence-electron chi connectivity index (χ3n) is 3.59. The number of carboxylic acids is 1. The Labute approximate surface area is 127 Å². The first-order valence-corrected chi connectivity index (χ1v) is 7.62. The number of carbonyl (C=O) groups is 1. The van der Waals surface area contributed by atoms with Gasteiger partial charge in [0, 0.05) is 13.0 Å². The number of hydrogen-bond donors (Lipinski definition) is 2. The fourth-order valence-electron chi connectivity index (χ4n) is 2.46. The van der Waals surface area contributed by atoms with Crippen molar-refractivity contribution in [1.82, 2.24) is 5.32 Å². The van der Waals surface area contributed by atoms with Crippen LogP contribution in [-0.2, 0) is 16.0 Å². The molecule has 2 N–H and O–H groups in total. The summed E-state index contributed by atoms with van der Waals surface area (Å²) in [6.07, 6.45) is 2.30.